The predicted octanol–water partition coefficient (Wildman–Crippen LogP) is 8.70. The fourth-order valence-corrected chi connectivity index (χ4v) is 6.17. The van der Waals surface area contributed by atoms with Gasteiger partial charge in [0.1, 0.15) is 25.3 Å². The first kappa shape index (κ1) is 24.6. The summed E-state index contributed by atoms with van der Waals surface area (Å²) in [6.07, 6.45) is 0. The number of fused-ring (bicyclic) bond motifs is 2. The lowest BCUT2D eigenvalue weighted by atomic mass is 9.87. The van der Waals surface area contributed by atoms with Gasteiger partial charge < -0.3 is 9.47 Å². The number of ether oxygens (including phenoxy) is 2. The maximum atomic E-state index is 6.36. The third-order valence-electron chi connectivity index (χ3n) is 8.24. The SMILES string of the molecule is c1ccc([C@H]2COC(c3ccc4ccccc4c3-c3c(C4=N[C@@H](c5ccccc5)CO4)ccc4ccccc34)=N2)cc1. The van der Waals surface area contributed by atoms with E-state index in [1.165, 1.54) is 0 Å². The molecule has 0 bridgehead atoms. The summed E-state index contributed by atoms with van der Waals surface area (Å²) >= 11 is 0. The third kappa shape index (κ3) is 4.24. The zero-order valence-electron chi connectivity index (χ0n) is 23.0. The van der Waals surface area contributed by atoms with Crippen LogP contribution in [0.3, 0.4) is 0 Å². The molecular weight excluding hydrogens is 516 g/mol. The second-order valence-corrected chi connectivity index (χ2v) is 10.8. The summed E-state index contributed by atoms with van der Waals surface area (Å²) in [7, 11) is 0. The molecule has 4 nitrogen and oxygen atoms in total. The van der Waals surface area contributed by atoms with Gasteiger partial charge >= 0.3 is 0 Å². The lowest BCUT2D eigenvalue weighted by Gasteiger charge is -2.19. The average Bonchev–Trinajstić information content (AvgIpc) is 3.76. The van der Waals surface area contributed by atoms with Crippen molar-refractivity contribution in [3.63, 3.8) is 0 Å². The first-order valence-corrected chi connectivity index (χ1v) is 14.4. The van der Waals surface area contributed by atoms with E-state index < -0.39 is 0 Å². The summed E-state index contributed by atoms with van der Waals surface area (Å²) in [6, 6.07) is 46.3. The van der Waals surface area contributed by atoms with Gasteiger partial charge in [-0.3, -0.25) is 0 Å². The van der Waals surface area contributed by atoms with Gasteiger partial charge in [0.05, 0.1) is 0 Å². The van der Waals surface area contributed by atoms with E-state index in [1.54, 1.807) is 0 Å². The normalized spacial score (nSPS) is 18.0. The molecule has 0 aliphatic carbocycles. The van der Waals surface area contributed by atoms with Gasteiger partial charge in [0.2, 0.25) is 11.8 Å². The standard InChI is InChI=1S/C38H28N2O2/c1-3-13-27(14-4-1)33-23-41-37(39-33)31-21-19-25-11-7-9-17-29(25)35(31)36-30-18-10-8-12-26(30)20-22-32(36)38-40-34(24-42-38)28-15-5-2-6-16-28/h1-22,33-34H,23-24H2/t33-,34-/m1/s1. The van der Waals surface area contributed by atoms with E-state index in [0.717, 1.165) is 54.9 Å². The molecule has 0 radical (unpaired) electrons. The van der Waals surface area contributed by atoms with Crippen molar-refractivity contribution in [1.29, 1.82) is 0 Å². The van der Waals surface area contributed by atoms with Crippen molar-refractivity contribution < 1.29 is 9.47 Å². The van der Waals surface area contributed by atoms with Crippen molar-refractivity contribution >= 4 is 33.3 Å². The Morgan fingerprint density at radius 2 is 0.833 bits per heavy atom. The zero-order chi connectivity index (χ0) is 27.9. The topological polar surface area (TPSA) is 43.2 Å². The molecule has 0 spiro atoms. The van der Waals surface area contributed by atoms with Crippen LogP contribution in [0.1, 0.15) is 34.3 Å². The molecule has 2 heterocycles. The molecule has 6 aromatic carbocycles. The second kappa shape index (κ2) is 10.3. The highest BCUT2D eigenvalue weighted by Crippen LogP contribution is 2.42. The molecule has 42 heavy (non-hydrogen) atoms. The highest BCUT2D eigenvalue weighted by Gasteiger charge is 2.29. The molecule has 0 N–H and O–H groups in total. The Bertz CT molecular complexity index is 1850. The number of nitrogens with zero attached hydrogens (tertiary/aromatic N) is 2. The molecule has 0 saturated heterocycles. The minimum atomic E-state index is -0.0401. The average molecular weight is 545 g/mol. The Labute approximate surface area is 244 Å². The lowest BCUT2D eigenvalue weighted by Crippen LogP contribution is -2.08. The number of hydrogen-bond donors (Lipinski definition) is 0. The fraction of sp³-hybridized carbons (Fsp3) is 0.105. The van der Waals surface area contributed by atoms with Crippen molar-refractivity contribution in [3.05, 3.63) is 156 Å². The number of benzene rings is 6. The predicted molar refractivity (Wildman–Crippen MR) is 170 cm³/mol. The van der Waals surface area contributed by atoms with Crippen molar-refractivity contribution in [2.24, 2.45) is 9.98 Å². The Morgan fingerprint density at radius 3 is 1.29 bits per heavy atom. The summed E-state index contributed by atoms with van der Waals surface area (Å²) < 4.78 is 12.7. The Kier molecular flexibility index (Phi) is 6.03. The van der Waals surface area contributed by atoms with Gasteiger partial charge in [0.15, 0.2) is 0 Å². The van der Waals surface area contributed by atoms with Gasteiger partial charge in [-0.1, -0.05) is 121 Å². The van der Waals surface area contributed by atoms with Crippen LogP contribution in [0.4, 0.5) is 0 Å². The molecule has 6 aromatic rings. The molecule has 8 rings (SSSR count). The molecular formula is C38H28N2O2. The minimum absolute atomic E-state index is 0.0401. The molecule has 0 aromatic heterocycles. The van der Waals surface area contributed by atoms with Gasteiger partial charge in [-0.15, -0.1) is 0 Å². The Hall–Kier alpha value is -5.22. The molecule has 202 valence electrons. The number of rotatable bonds is 5. The minimum Gasteiger partial charge on any atom is -0.475 e. The van der Waals surface area contributed by atoms with Crippen molar-refractivity contribution in [3.8, 4) is 11.1 Å². The third-order valence-corrected chi connectivity index (χ3v) is 8.24. The summed E-state index contributed by atoms with van der Waals surface area (Å²) in [4.78, 5) is 10.2. The highest BCUT2D eigenvalue weighted by molar-refractivity contribution is 6.19. The fourth-order valence-electron chi connectivity index (χ4n) is 6.17. The van der Waals surface area contributed by atoms with E-state index >= 15 is 0 Å². The van der Waals surface area contributed by atoms with Crippen LogP contribution in [0, 0.1) is 0 Å². The smallest absolute Gasteiger partial charge is 0.217 e. The van der Waals surface area contributed by atoms with Gasteiger partial charge in [-0.2, -0.15) is 0 Å². The molecule has 4 heteroatoms. The van der Waals surface area contributed by atoms with Crippen molar-refractivity contribution in [1.82, 2.24) is 0 Å². The van der Waals surface area contributed by atoms with Crippen LogP contribution < -0.4 is 0 Å². The Balaban J connectivity index is 1.37. The van der Waals surface area contributed by atoms with Crippen LogP contribution in [0.2, 0.25) is 0 Å². The molecule has 2 aliphatic rings. The van der Waals surface area contributed by atoms with Crippen LogP contribution in [-0.4, -0.2) is 25.0 Å². The first-order chi connectivity index (χ1) is 20.8. The van der Waals surface area contributed by atoms with Crippen molar-refractivity contribution in [2.45, 2.75) is 12.1 Å². The monoisotopic (exact) mass is 544 g/mol. The summed E-state index contributed by atoms with van der Waals surface area (Å²) in [5.41, 5.74) is 6.43. The van der Waals surface area contributed by atoms with Gasteiger partial charge in [-0.05, 0) is 44.8 Å². The van der Waals surface area contributed by atoms with Crippen LogP contribution in [0.25, 0.3) is 32.7 Å². The van der Waals surface area contributed by atoms with Gasteiger partial charge in [-0.25, -0.2) is 9.98 Å². The molecule has 0 saturated carbocycles. The van der Waals surface area contributed by atoms with E-state index in [0.29, 0.717) is 25.0 Å². The maximum Gasteiger partial charge on any atom is 0.217 e. The summed E-state index contributed by atoms with van der Waals surface area (Å²) in [5.74, 6) is 1.33. The second-order valence-electron chi connectivity index (χ2n) is 10.8. The van der Waals surface area contributed by atoms with Gasteiger partial charge in [0.25, 0.3) is 0 Å². The van der Waals surface area contributed by atoms with Crippen molar-refractivity contribution in [2.75, 3.05) is 13.2 Å². The Morgan fingerprint density at radius 1 is 0.429 bits per heavy atom. The number of aliphatic imine (C=N–C) groups is 2. The molecule has 0 amide bonds. The van der Waals surface area contributed by atoms with Crippen LogP contribution in [-0.2, 0) is 9.47 Å². The molecule has 2 atom stereocenters. The van der Waals surface area contributed by atoms with E-state index in [2.05, 4.69) is 121 Å². The van der Waals surface area contributed by atoms with Crippen LogP contribution >= 0.6 is 0 Å². The van der Waals surface area contributed by atoms with E-state index in [-0.39, 0.29) is 12.1 Å². The molecule has 2 aliphatic heterocycles. The quantitative estimate of drug-likeness (QED) is 0.218. The summed E-state index contributed by atoms with van der Waals surface area (Å²) in [6.45, 7) is 1.03. The van der Waals surface area contributed by atoms with Crippen LogP contribution in [0.5, 0.6) is 0 Å². The highest BCUT2D eigenvalue weighted by atomic mass is 16.5. The van der Waals surface area contributed by atoms with E-state index in [4.69, 9.17) is 19.5 Å². The molecule has 0 unspecified atom stereocenters. The number of hydrogen-bond acceptors (Lipinski definition) is 4. The van der Waals surface area contributed by atoms with E-state index in [1.807, 2.05) is 12.1 Å². The maximum absolute atomic E-state index is 6.36. The lowest BCUT2D eigenvalue weighted by molar-refractivity contribution is 0.319. The first-order valence-electron chi connectivity index (χ1n) is 14.4. The molecule has 0 fully saturated rings. The largest absolute Gasteiger partial charge is 0.475 e. The van der Waals surface area contributed by atoms with E-state index in [9.17, 15) is 0 Å². The summed E-state index contributed by atoms with van der Waals surface area (Å²) in [5, 5.41) is 4.59. The van der Waals surface area contributed by atoms with Gasteiger partial charge in [0, 0.05) is 22.3 Å². The van der Waals surface area contributed by atoms with Crippen LogP contribution in [0.15, 0.2) is 143 Å². The zero-order valence-corrected chi connectivity index (χ0v) is 23.0.